The minimum atomic E-state index is 0.293. The highest BCUT2D eigenvalue weighted by Gasteiger charge is 2.16. The highest BCUT2D eigenvalue weighted by molar-refractivity contribution is 14.1. The second-order valence-electron chi connectivity index (χ2n) is 4.77. The van der Waals surface area contributed by atoms with Crippen molar-refractivity contribution in [3.05, 3.63) is 43.0 Å². The van der Waals surface area contributed by atoms with E-state index in [0.717, 1.165) is 29.6 Å². The summed E-state index contributed by atoms with van der Waals surface area (Å²) in [7, 11) is 1.98. The van der Waals surface area contributed by atoms with Gasteiger partial charge in [0.15, 0.2) is 0 Å². The lowest BCUT2D eigenvalue weighted by molar-refractivity contribution is 0.472. The Hall–Kier alpha value is -0.830. The molecule has 5 heteroatoms. The summed E-state index contributed by atoms with van der Waals surface area (Å²) in [6, 6.07) is 10.1. The van der Waals surface area contributed by atoms with E-state index in [9.17, 15) is 5.11 Å². The summed E-state index contributed by atoms with van der Waals surface area (Å²) in [4.78, 5) is 4.68. The Morgan fingerprint density at radius 1 is 1.15 bits per heavy atom. The number of phenols is 1. The van der Waals surface area contributed by atoms with E-state index in [1.165, 1.54) is 5.56 Å². The predicted molar refractivity (Wildman–Crippen MR) is 98.0 cm³/mol. The van der Waals surface area contributed by atoms with Crippen LogP contribution in [0.2, 0.25) is 0 Å². The number of halogens is 2. The third-order valence-corrected chi connectivity index (χ3v) is 4.75. The monoisotopic (exact) mass is 490 g/mol. The summed E-state index contributed by atoms with van der Waals surface area (Å²) in [6.07, 6.45) is 0. The summed E-state index contributed by atoms with van der Waals surface area (Å²) in [5.41, 5.74) is 3.98. The normalized spacial score (nSPS) is 11.2. The maximum Gasteiger partial charge on any atom is 0.144 e. The number of hydrogen-bond acceptors (Lipinski definition) is 2. The molecule has 0 radical (unpaired) electrons. The summed E-state index contributed by atoms with van der Waals surface area (Å²) in [5, 5.41) is 10.3. The van der Waals surface area contributed by atoms with Gasteiger partial charge in [0.1, 0.15) is 11.6 Å². The molecule has 3 rings (SSSR count). The average molecular weight is 490 g/mol. The van der Waals surface area contributed by atoms with Crippen LogP contribution in [0.4, 0.5) is 0 Å². The third kappa shape index (κ3) is 2.30. The molecule has 20 heavy (non-hydrogen) atoms. The summed E-state index contributed by atoms with van der Waals surface area (Å²) >= 11 is 4.40. The van der Waals surface area contributed by atoms with Crippen molar-refractivity contribution in [3.8, 4) is 17.1 Å². The van der Waals surface area contributed by atoms with E-state index in [-0.39, 0.29) is 0 Å². The van der Waals surface area contributed by atoms with E-state index in [1.54, 1.807) is 0 Å². The number of phenolic OH excluding ortho intramolecular Hbond substituents is 1. The maximum absolute atomic E-state index is 10.3. The number of hydrogen-bond donors (Lipinski definition) is 1. The van der Waals surface area contributed by atoms with Crippen LogP contribution in [0, 0.1) is 14.1 Å². The number of benzene rings is 2. The molecule has 1 N–H and O–H groups in total. The molecule has 3 nitrogen and oxygen atoms in total. The molecule has 2 aromatic carbocycles. The van der Waals surface area contributed by atoms with Gasteiger partial charge < -0.3 is 9.67 Å². The van der Waals surface area contributed by atoms with Crippen molar-refractivity contribution in [1.29, 1.82) is 0 Å². The zero-order valence-corrected chi connectivity index (χ0v) is 15.3. The van der Waals surface area contributed by atoms with Gasteiger partial charge >= 0.3 is 0 Å². The van der Waals surface area contributed by atoms with Gasteiger partial charge in [0.25, 0.3) is 0 Å². The van der Waals surface area contributed by atoms with E-state index in [2.05, 4.69) is 75.3 Å². The maximum atomic E-state index is 10.3. The Balaban J connectivity index is 2.32. The van der Waals surface area contributed by atoms with Crippen molar-refractivity contribution in [2.75, 3.05) is 0 Å². The average Bonchev–Trinajstić information content (AvgIpc) is 2.70. The van der Waals surface area contributed by atoms with Crippen LogP contribution in [0.3, 0.4) is 0 Å². The molecule has 0 amide bonds. The van der Waals surface area contributed by atoms with Crippen LogP contribution in [-0.2, 0) is 7.05 Å². The van der Waals surface area contributed by atoms with Crippen molar-refractivity contribution < 1.29 is 5.11 Å². The van der Waals surface area contributed by atoms with E-state index < -0.39 is 0 Å². The zero-order valence-electron chi connectivity index (χ0n) is 11.0. The Kier molecular flexibility index (Phi) is 3.65. The molecule has 0 aliphatic rings. The first kappa shape index (κ1) is 14.1. The highest BCUT2D eigenvalue weighted by Crippen LogP contribution is 2.35. The lowest BCUT2D eigenvalue weighted by Gasteiger charge is -2.07. The molecule has 0 saturated carbocycles. The van der Waals surface area contributed by atoms with Crippen LogP contribution < -0.4 is 0 Å². The van der Waals surface area contributed by atoms with Crippen LogP contribution in [0.15, 0.2) is 30.3 Å². The third-order valence-electron chi connectivity index (χ3n) is 3.31. The Labute approximate surface area is 144 Å². The Bertz CT molecular complexity index is 824. The number of nitrogens with zero attached hydrogens (tertiary/aromatic N) is 2. The molecule has 0 bridgehead atoms. The smallest absolute Gasteiger partial charge is 0.144 e. The van der Waals surface area contributed by atoms with Gasteiger partial charge in [-0.1, -0.05) is 6.07 Å². The fourth-order valence-corrected chi connectivity index (χ4v) is 4.13. The molecule has 1 heterocycles. The largest absolute Gasteiger partial charge is 0.506 e. The molecule has 1 aromatic heterocycles. The Morgan fingerprint density at radius 3 is 2.65 bits per heavy atom. The van der Waals surface area contributed by atoms with E-state index in [0.29, 0.717) is 5.75 Å². The highest BCUT2D eigenvalue weighted by atomic mass is 127. The molecular formula is C15H12I2N2O. The van der Waals surface area contributed by atoms with Gasteiger partial charge in [0, 0.05) is 10.6 Å². The molecule has 3 aromatic rings. The molecule has 0 fully saturated rings. The van der Waals surface area contributed by atoms with Crippen molar-refractivity contribution in [2.24, 2.45) is 7.05 Å². The van der Waals surface area contributed by atoms with Crippen LogP contribution >= 0.6 is 45.2 Å². The van der Waals surface area contributed by atoms with E-state index >= 15 is 0 Å². The van der Waals surface area contributed by atoms with Crippen molar-refractivity contribution in [3.63, 3.8) is 0 Å². The molecule has 0 saturated heterocycles. The summed E-state index contributed by atoms with van der Waals surface area (Å²) < 4.78 is 3.95. The Morgan fingerprint density at radius 2 is 1.90 bits per heavy atom. The SMILES string of the molecule is Cc1ccc2c(c1)nc(-c1cc(I)cc(I)c1O)n2C. The second kappa shape index (κ2) is 5.18. The molecule has 0 atom stereocenters. The summed E-state index contributed by atoms with van der Waals surface area (Å²) in [5.74, 6) is 1.08. The second-order valence-corrected chi connectivity index (χ2v) is 7.18. The molecule has 0 spiro atoms. The number of aryl methyl sites for hydroxylation is 2. The van der Waals surface area contributed by atoms with Gasteiger partial charge in [-0.2, -0.15) is 0 Å². The van der Waals surface area contributed by atoms with E-state index in [1.807, 2.05) is 23.7 Å². The topological polar surface area (TPSA) is 38.1 Å². The molecule has 0 unspecified atom stereocenters. The van der Waals surface area contributed by atoms with Gasteiger partial charge in [-0.3, -0.25) is 0 Å². The predicted octanol–water partition coefficient (Wildman–Crippen LogP) is 4.46. The minimum absolute atomic E-state index is 0.293. The van der Waals surface area contributed by atoms with Crippen LogP contribution in [0.5, 0.6) is 5.75 Å². The minimum Gasteiger partial charge on any atom is -0.506 e. The molecule has 0 aliphatic carbocycles. The number of rotatable bonds is 1. The standard InChI is InChI=1S/C15H12I2N2O/c1-8-3-4-13-12(5-8)18-15(19(13)2)10-6-9(16)7-11(17)14(10)20/h3-7,20H,1-2H3. The number of aromatic hydroxyl groups is 1. The fraction of sp³-hybridized carbons (Fsp3) is 0.133. The first-order chi connectivity index (χ1) is 9.47. The van der Waals surface area contributed by atoms with Gasteiger partial charge in [-0.05, 0) is 81.9 Å². The van der Waals surface area contributed by atoms with Crippen LogP contribution in [0.1, 0.15) is 5.56 Å². The number of aromatic nitrogens is 2. The van der Waals surface area contributed by atoms with Gasteiger partial charge in [0.2, 0.25) is 0 Å². The van der Waals surface area contributed by atoms with Crippen LogP contribution in [0.25, 0.3) is 22.4 Å². The van der Waals surface area contributed by atoms with Crippen molar-refractivity contribution >= 4 is 56.2 Å². The van der Waals surface area contributed by atoms with Gasteiger partial charge in [-0.25, -0.2) is 4.98 Å². The van der Waals surface area contributed by atoms with Crippen LogP contribution in [-0.4, -0.2) is 14.7 Å². The zero-order chi connectivity index (χ0) is 14.4. The first-order valence-corrected chi connectivity index (χ1v) is 8.24. The molecule has 102 valence electrons. The fourth-order valence-electron chi connectivity index (χ4n) is 2.29. The lowest BCUT2D eigenvalue weighted by atomic mass is 10.2. The molecule has 0 aliphatic heterocycles. The quantitative estimate of drug-likeness (QED) is 0.512. The van der Waals surface area contributed by atoms with E-state index in [4.69, 9.17) is 0 Å². The number of imidazole rings is 1. The lowest BCUT2D eigenvalue weighted by Crippen LogP contribution is -1.94. The van der Waals surface area contributed by atoms with Crippen molar-refractivity contribution in [2.45, 2.75) is 6.92 Å². The van der Waals surface area contributed by atoms with Crippen molar-refractivity contribution in [1.82, 2.24) is 9.55 Å². The van der Waals surface area contributed by atoms with Gasteiger partial charge in [0.05, 0.1) is 20.2 Å². The summed E-state index contributed by atoms with van der Waals surface area (Å²) in [6.45, 7) is 2.06. The first-order valence-electron chi connectivity index (χ1n) is 6.09. The number of fused-ring (bicyclic) bond motifs is 1. The molecular weight excluding hydrogens is 478 g/mol. The van der Waals surface area contributed by atoms with Gasteiger partial charge in [-0.15, -0.1) is 0 Å².